The minimum atomic E-state index is -3.67. The van der Waals surface area contributed by atoms with Gasteiger partial charge in [0.15, 0.2) is 0 Å². The monoisotopic (exact) mass is 429 g/mol. The van der Waals surface area contributed by atoms with Crippen LogP contribution in [-0.4, -0.2) is 49.1 Å². The first-order valence-electron chi connectivity index (χ1n) is 9.78. The Morgan fingerprint density at radius 3 is 2.70 bits per heavy atom. The van der Waals surface area contributed by atoms with E-state index in [9.17, 15) is 13.2 Å². The number of carbonyl (C=O) groups excluding carboxylic acids is 1. The number of ether oxygens (including phenoxy) is 1. The van der Waals surface area contributed by atoms with Crippen LogP contribution in [0.5, 0.6) is 0 Å². The van der Waals surface area contributed by atoms with Crippen molar-refractivity contribution in [3.05, 3.63) is 41.7 Å². The van der Waals surface area contributed by atoms with E-state index in [1.807, 2.05) is 19.1 Å². The van der Waals surface area contributed by atoms with Crippen LogP contribution >= 0.6 is 0 Å². The van der Waals surface area contributed by atoms with Crippen LogP contribution in [0, 0.1) is 0 Å². The summed E-state index contributed by atoms with van der Waals surface area (Å²) in [6, 6.07) is 5.93. The van der Waals surface area contributed by atoms with Crippen LogP contribution in [0.4, 0.5) is 0 Å². The molecule has 4 rings (SSSR count). The van der Waals surface area contributed by atoms with Gasteiger partial charge in [-0.3, -0.25) is 0 Å². The fourth-order valence-corrected chi connectivity index (χ4v) is 4.01. The van der Waals surface area contributed by atoms with Crippen molar-refractivity contribution in [2.45, 2.75) is 37.3 Å². The maximum absolute atomic E-state index is 12.7. The normalized spacial score (nSPS) is 14.1. The van der Waals surface area contributed by atoms with E-state index in [1.165, 1.54) is 6.20 Å². The molecule has 0 unspecified atom stereocenters. The molecule has 9 heteroatoms. The fraction of sp³-hybridized carbons (Fsp3) is 0.381. The van der Waals surface area contributed by atoms with Gasteiger partial charge in [0.2, 0.25) is 15.0 Å². The number of sulfone groups is 1. The van der Waals surface area contributed by atoms with Crippen LogP contribution in [0.1, 0.15) is 48.0 Å². The molecule has 3 aromatic rings. The number of hydrogen-bond donors (Lipinski definition) is 0. The van der Waals surface area contributed by atoms with Crippen molar-refractivity contribution < 1.29 is 22.8 Å². The first-order chi connectivity index (χ1) is 14.3. The number of para-hydroxylation sites is 1. The maximum Gasteiger partial charge on any atom is 0.341 e. The van der Waals surface area contributed by atoms with Gasteiger partial charge in [0.1, 0.15) is 12.7 Å². The van der Waals surface area contributed by atoms with Gasteiger partial charge in [-0.05, 0) is 30.7 Å². The summed E-state index contributed by atoms with van der Waals surface area (Å²) in [5.41, 5.74) is 2.96. The topological polar surface area (TPSA) is 100 Å². The zero-order valence-electron chi connectivity index (χ0n) is 17.1. The lowest BCUT2D eigenvalue weighted by atomic mass is 10.0. The summed E-state index contributed by atoms with van der Waals surface area (Å²) < 4.78 is 31.1. The van der Waals surface area contributed by atoms with Gasteiger partial charge < -0.3 is 9.57 Å². The molecule has 0 bridgehead atoms. The molecule has 0 radical (unpaired) electrons. The molecule has 1 aliphatic rings. The lowest BCUT2D eigenvalue weighted by Crippen LogP contribution is -2.13. The van der Waals surface area contributed by atoms with Crippen molar-refractivity contribution in [3.8, 4) is 11.3 Å². The number of rotatable bonds is 7. The van der Waals surface area contributed by atoms with E-state index in [0.717, 1.165) is 35.6 Å². The molecule has 0 N–H and O–H groups in total. The number of hydrogen-bond acceptors (Lipinski definition) is 7. The summed E-state index contributed by atoms with van der Waals surface area (Å²) in [4.78, 5) is 26.4. The Bertz CT molecular complexity index is 1230. The summed E-state index contributed by atoms with van der Waals surface area (Å²) in [7, 11) is -2.11. The zero-order valence-corrected chi connectivity index (χ0v) is 17.9. The number of aromatic nitrogens is 3. The highest BCUT2D eigenvalue weighted by atomic mass is 32.2. The fourth-order valence-electron chi connectivity index (χ4n) is 3.50. The van der Waals surface area contributed by atoms with Crippen molar-refractivity contribution in [1.29, 1.82) is 0 Å². The van der Waals surface area contributed by atoms with Crippen LogP contribution in [-0.2, 0) is 14.6 Å². The predicted molar refractivity (Wildman–Crippen MR) is 111 cm³/mol. The van der Waals surface area contributed by atoms with Crippen LogP contribution < -0.4 is 4.84 Å². The van der Waals surface area contributed by atoms with Gasteiger partial charge in [-0.15, -0.1) is 0 Å². The van der Waals surface area contributed by atoms with E-state index in [1.54, 1.807) is 18.0 Å². The van der Waals surface area contributed by atoms with Crippen LogP contribution in [0.3, 0.4) is 0 Å². The summed E-state index contributed by atoms with van der Waals surface area (Å²) >= 11 is 0. The van der Waals surface area contributed by atoms with E-state index in [2.05, 4.69) is 16.0 Å². The molecule has 8 nitrogen and oxygen atoms in total. The Labute approximate surface area is 174 Å². The third-order valence-electron chi connectivity index (χ3n) is 5.05. The molecule has 0 atom stereocenters. The van der Waals surface area contributed by atoms with Gasteiger partial charge in [0.25, 0.3) is 0 Å². The van der Waals surface area contributed by atoms with Crippen LogP contribution in [0.15, 0.2) is 35.7 Å². The Balaban J connectivity index is 1.97. The molecular weight excluding hydrogens is 406 g/mol. The average molecular weight is 429 g/mol. The minimum absolute atomic E-state index is 0.114. The van der Waals surface area contributed by atoms with Crippen LogP contribution in [0.25, 0.3) is 22.2 Å². The largest absolute Gasteiger partial charge is 0.462 e. The lowest BCUT2D eigenvalue weighted by molar-refractivity contribution is 0.0505. The first kappa shape index (κ1) is 20.3. The van der Waals surface area contributed by atoms with E-state index in [0.29, 0.717) is 17.9 Å². The SMILES string of the molecule is CCCOC(=O)c1cnc(S(C)(=O)=O)nc1-c1cn(OC)c2c(C3CC3)cccc12. The van der Waals surface area contributed by atoms with Gasteiger partial charge in [0.05, 0.1) is 24.0 Å². The third-order valence-corrected chi connectivity index (χ3v) is 5.91. The molecule has 0 aliphatic heterocycles. The average Bonchev–Trinajstić information content (AvgIpc) is 3.51. The molecule has 30 heavy (non-hydrogen) atoms. The molecule has 0 amide bonds. The van der Waals surface area contributed by atoms with E-state index in [4.69, 9.17) is 9.57 Å². The Kier molecular flexibility index (Phi) is 5.23. The van der Waals surface area contributed by atoms with E-state index < -0.39 is 15.8 Å². The highest BCUT2D eigenvalue weighted by molar-refractivity contribution is 7.90. The standard InChI is InChI=1S/C21H23N3O5S/c1-4-10-29-20(25)16-11-22-21(30(3,26)27)23-18(16)17-12-24(28-2)19-14(13-8-9-13)6-5-7-15(17)19/h5-7,11-13H,4,8-10H2,1-3H3. The summed E-state index contributed by atoms with van der Waals surface area (Å²) in [6.07, 6.45) is 6.87. The van der Waals surface area contributed by atoms with Crippen molar-refractivity contribution >= 4 is 26.7 Å². The van der Waals surface area contributed by atoms with Crippen molar-refractivity contribution in [2.24, 2.45) is 0 Å². The zero-order chi connectivity index (χ0) is 21.5. The van der Waals surface area contributed by atoms with Crippen molar-refractivity contribution in [3.63, 3.8) is 0 Å². The molecule has 1 fully saturated rings. The van der Waals surface area contributed by atoms with Crippen molar-refractivity contribution in [1.82, 2.24) is 14.7 Å². The number of fused-ring (bicyclic) bond motifs is 1. The van der Waals surface area contributed by atoms with Crippen molar-refractivity contribution in [2.75, 3.05) is 20.0 Å². The highest BCUT2D eigenvalue weighted by Crippen LogP contribution is 2.45. The maximum atomic E-state index is 12.7. The highest BCUT2D eigenvalue weighted by Gasteiger charge is 2.29. The van der Waals surface area contributed by atoms with Gasteiger partial charge in [-0.1, -0.05) is 25.1 Å². The second-order valence-electron chi connectivity index (χ2n) is 7.39. The van der Waals surface area contributed by atoms with E-state index >= 15 is 0 Å². The molecule has 0 saturated heterocycles. The molecule has 1 aromatic carbocycles. The molecule has 2 heterocycles. The van der Waals surface area contributed by atoms with Gasteiger partial charge in [-0.2, -0.15) is 4.73 Å². The number of esters is 1. The summed E-state index contributed by atoms with van der Waals surface area (Å²) in [6.45, 7) is 2.14. The molecule has 1 saturated carbocycles. The van der Waals surface area contributed by atoms with E-state index in [-0.39, 0.29) is 23.0 Å². The Hall–Kier alpha value is -2.94. The second-order valence-corrected chi connectivity index (χ2v) is 9.30. The Morgan fingerprint density at radius 1 is 1.30 bits per heavy atom. The smallest absolute Gasteiger partial charge is 0.341 e. The molecule has 158 valence electrons. The second kappa shape index (κ2) is 7.71. The number of nitrogens with zero attached hydrogens (tertiary/aromatic N) is 3. The molecule has 2 aromatic heterocycles. The number of benzene rings is 1. The first-order valence-corrected chi connectivity index (χ1v) is 11.7. The molecule has 0 spiro atoms. The third kappa shape index (κ3) is 3.65. The molecular formula is C21H23N3O5S. The summed E-state index contributed by atoms with van der Waals surface area (Å²) in [5, 5.41) is 0.477. The predicted octanol–water partition coefficient (Wildman–Crippen LogP) is 3.00. The Morgan fingerprint density at radius 2 is 2.07 bits per heavy atom. The van der Waals surface area contributed by atoms with Crippen LogP contribution in [0.2, 0.25) is 0 Å². The minimum Gasteiger partial charge on any atom is -0.462 e. The quantitative estimate of drug-likeness (QED) is 0.420. The van der Waals surface area contributed by atoms with Gasteiger partial charge in [-0.25, -0.2) is 23.2 Å². The summed E-state index contributed by atoms with van der Waals surface area (Å²) in [5.74, 6) is -0.125. The molecule has 1 aliphatic carbocycles. The lowest BCUT2D eigenvalue weighted by Gasteiger charge is -2.09. The number of carbonyl (C=O) groups is 1. The van der Waals surface area contributed by atoms with Gasteiger partial charge in [0, 0.05) is 23.4 Å². The van der Waals surface area contributed by atoms with Gasteiger partial charge >= 0.3 is 5.97 Å².